The minimum atomic E-state index is -1.06. The minimum Gasteiger partial charge on any atom is -0.102 e. The summed E-state index contributed by atoms with van der Waals surface area (Å²) < 4.78 is 0. The molecule has 7 rings (SSSR count). The number of rotatable bonds is 12. The number of hydrogen-bond acceptors (Lipinski definition) is 0. The van der Waals surface area contributed by atoms with Gasteiger partial charge in [-0.1, -0.05) is 218 Å². The molecule has 0 radical (unpaired) electrons. The van der Waals surface area contributed by atoms with Gasteiger partial charge in [0.1, 0.15) is 0 Å². The standard InChI is InChI=1S/C54H48/c1-7-49(8-2)50(9-3,10-4)52(43-31-19-13-20-32-43,44-33-21-14-22-34-44)54(47-39-27-17-28-40-47,48-41-29-18-30-42-48)53(51(49,11-5)12-6,45-35-23-15-24-36-45)46-37-25-16-26-38-46/h7-42H,1-6H2. The first kappa shape index (κ1) is 36.1. The number of hydrogen-bond donors (Lipinski definition) is 0. The van der Waals surface area contributed by atoms with E-state index in [1.807, 2.05) is 0 Å². The van der Waals surface area contributed by atoms with Gasteiger partial charge in [-0.05, 0) is 33.4 Å². The third kappa shape index (κ3) is 4.09. The molecule has 0 unspecified atom stereocenters. The first-order chi connectivity index (χ1) is 26.5. The van der Waals surface area contributed by atoms with Gasteiger partial charge in [0.2, 0.25) is 0 Å². The van der Waals surface area contributed by atoms with Crippen LogP contribution in [0.3, 0.4) is 0 Å². The lowest BCUT2D eigenvalue weighted by atomic mass is 9.19. The van der Waals surface area contributed by atoms with Crippen LogP contribution in [0.2, 0.25) is 0 Å². The molecule has 1 aliphatic carbocycles. The van der Waals surface area contributed by atoms with E-state index in [-0.39, 0.29) is 0 Å². The first-order valence-electron chi connectivity index (χ1n) is 18.6. The van der Waals surface area contributed by atoms with Crippen molar-refractivity contribution in [3.8, 4) is 0 Å². The van der Waals surface area contributed by atoms with E-state index in [9.17, 15) is 0 Å². The van der Waals surface area contributed by atoms with E-state index in [1.54, 1.807) is 0 Å². The van der Waals surface area contributed by atoms with Crippen LogP contribution in [-0.2, 0) is 16.2 Å². The summed E-state index contributed by atoms with van der Waals surface area (Å²) in [5, 5.41) is 0. The molecule has 0 bridgehead atoms. The van der Waals surface area contributed by atoms with Gasteiger partial charge >= 0.3 is 0 Å². The van der Waals surface area contributed by atoms with Crippen LogP contribution >= 0.6 is 0 Å². The van der Waals surface area contributed by atoms with Crippen molar-refractivity contribution < 1.29 is 0 Å². The van der Waals surface area contributed by atoms with E-state index in [0.29, 0.717) is 0 Å². The summed E-state index contributed by atoms with van der Waals surface area (Å²) >= 11 is 0. The molecule has 0 spiro atoms. The second-order valence-electron chi connectivity index (χ2n) is 14.3. The van der Waals surface area contributed by atoms with Gasteiger partial charge in [-0.25, -0.2) is 0 Å². The van der Waals surface area contributed by atoms with E-state index >= 15 is 0 Å². The molecular formula is C54H48. The lowest BCUT2D eigenvalue weighted by Gasteiger charge is -2.80. The number of allylic oxidation sites excluding steroid dienone is 6. The molecule has 54 heavy (non-hydrogen) atoms. The Hall–Kier alpha value is -6.24. The van der Waals surface area contributed by atoms with Crippen molar-refractivity contribution in [2.45, 2.75) is 16.2 Å². The molecule has 1 saturated carbocycles. The summed E-state index contributed by atoms with van der Waals surface area (Å²) in [6.45, 7) is 28.7. The van der Waals surface area contributed by atoms with Crippen LogP contribution in [0.15, 0.2) is 258 Å². The van der Waals surface area contributed by atoms with E-state index < -0.39 is 32.5 Å². The normalized spacial score (nSPS) is 18.2. The Labute approximate surface area is 322 Å². The molecule has 0 nitrogen and oxygen atoms in total. The molecule has 0 atom stereocenters. The third-order valence-corrected chi connectivity index (χ3v) is 12.9. The monoisotopic (exact) mass is 696 g/mol. The highest BCUT2D eigenvalue weighted by atomic mass is 14.8. The second-order valence-corrected chi connectivity index (χ2v) is 14.3. The van der Waals surface area contributed by atoms with Crippen LogP contribution in [0.25, 0.3) is 0 Å². The highest BCUT2D eigenvalue weighted by Crippen LogP contribution is 2.85. The van der Waals surface area contributed by atoms with Gasteiger partial charge in [-0.3, -0.25) is 0 Å². The maximum atomic E-state index is 4.81. The zero-order valence-corrected chi connectivity index (χ0v) is 31.0. The van der Waals surface area contributed by atoms with Crippen molar-refractivity contribution in [3.05, 3.63) is 291 Å². The topological polar surface area (TPSA) is 0 Å². The molecule has 0 amide bonds. The maximum absolute atomic E-state index is 4.81. The summed E-state index contributed by atoms with van der Waals surface area (Å²) in [4.78, 5) is 0. The molecule has 1 fully saturated rings. The second kappa shape index (κ2) is 14.0. The van der Waals surface area contributed by atoms with Gasteiger partial charge in [-0.2, -0.15) is 0 Å². The Balaban J connectivity index is 2.06. The average Bonchev–Trinajstić information content (AvgIpc) is 3.26. The van der Waals surface area contributed by atoms with Crippen molar-refractivity contribution in [3.63, 3.8) is 0 Å². The minimum absolute atomic E-state index is 1.04. The van der Waals surface area contributed by atoms with E-state index in [0.717, 1.165) is 33.4 Å². The Kier molecular flexibility index (Phi) is 9.34. The van der Waals surface area contributed by atoms with Gasteiger partial charge in [0, 0.05) is 27.1 Å². The fourth-order valence-electron chi connectivity index (χ4n) is 11.4. The van der Waals surface area contributed by atoms with Crippen LogP contribution in [-0.4, -0.2) is 0 Å². The summed E-state index contributed by atoms with van der Waals surface area (Å²) in [5.74, 6) is 0. The van der Waals surface area contributed by atoms with Crippen molar-refractivity contribution in [2.75, 3.05) is 0 Å². The summed E-state index contributed by atoms with van der Waals surface area (Å²) in [5.41, 5.74) is 0.274. The highest BCUT2D eigenvalue weighted by molar-refractivity contribution is 5.74. The molecule has 0 heterocycles. The average molecular weight is 697 g/mol. The van der Waals surface area contributed by atoms with Crippen molar-refractivity contribution in [1.29, 1.82) is 0 Å². The molecule has 0 aliphatic heterocycles. The predicted molar refractivity (Wildman–Crippen MR) is 229 cm³/mol. The number of benzene rings is 6. The smallest absolute Gasteiger partial charge is 0.0500 e. The van der Waals surface area contributed by atoms with E-state index in [1.165, 1.54) is 0 Å². The molecule has 264 valence electrons. The Morgan fingerprint density at radius 3 is 0.556 bits per heavy atom. The van der Waals surface area contributed by atoms with Crippen LogP contribution in [0.1, 0.15) is 33.4 Å². The van der Waals surface area contributed by atoms with Crippen LogP contribution in [0, 0.1) is 16.2 Å². The Morgan fingerprint density at radius 1 is 0.222 bits per heavy atom. The molecule has 1 aliphatic rings. The van der Waals surface area contributed by atoms with Crippen molar-refractivity contribution in [1.82, 2.24) is 0 Å². The summed E-state index contributed by atoms with van der Waals surface area (Å²) in [6, 6.07) is 65.9. The molecule has 0 aromatic heterocycles. The van der Waals surface area contributed by atoms with Crippen molar-refractivity contribution >= 4 is 0 Å². The molecule has 0 heteroatoms. The molecule has 6 aromatic carbocycles. The van der Waals surface area contributed by atoms with Gasteiger partial charge < -0.3 is 0 Å². The van der Waals surface area contributed by atoms with Gasteiger partial charge in [0.15, 0.2) is 0 Å². The van der Waals surface area contributed by atoms with Gasteiger partial charge in [0.25, 0.3) is 0 Å². The maximum Gasteiger partial charge on any atom is 0.0500 e. The Morgan fingerprint density at radius 2 is 0.389 bits per heavy atom. The quantitative estimate of drug-likeness (QED) is 0.112. The lowest BCUT2D eigenvalue weighted by Crippen LogP contribution is -2.82. The fraction of sp³-hybridized carbons (Fsp3) is 0.111. The molecule has 0 saturated heterocycles. The lowest BCUT2D eigenvalue weighted by molar-refractivity contribution is -0.0966. The fourth-order valence-corrected chi connectivity index (χ4v) is 11.4. The molecular weight excluding hydrogens is 649 g/mol. The van der Waals surface area contributed by atoms with Gasteiger partial charge in [0.05, 0.1) is 5.41 Å². The van der Waals surface area contributed by atoms with E-state index in [4.69, 9.17) is 39.5 Å². The molecule has 0 N–H and O–H groups in total. The first-order valence-corrected chi connectivity index (χ1v) is 18.6. The largest absolute Gasteiger partial charge is 0.102 e. The predicted octanol–water partition coefficient (Wildman–Crippen LogP) is 13.0. The van der Waals surface area contributed by atoms with Crippen molar-refractivity contribution in [2.24, 2.45) is 16.2 Å². The van der Waals surface area contributed by atoms with E-state index in [2.05, 4.69) is 218 Å². The highest BCUT2D eigenvalue weighted by Gasteiger charge is 2.85. The zero-order chi connectivity index (χ0) is 37.9. The van der Waals surface area contributed by atoms with Crippen LogP contribution in [0.4, 0.5) is 0 Å². The Bertz CT molecular complexity index is 2000. The zero-order valence-electron chi connectivity index (χ0n) is 31.0. The summed E-state index contributed by atoms with van der Waals surface area (Å²) in [6.07, 6.45) is 12.6. The molecule has 6 aromatic rings. The van der Waals surface area contributed by atoms with Gasteiger partial charge in [-0.15, -0.1) is 39.5 Å². The SMILES string of the molecule is C=CC1(C=C)C(C=C)(C=C)C(c2ccccc2)(c2ccccc2)C(c2ccccc2)(c2ccccc2)C(c2ccccc2)(c2ccccc2)C1(C=C)C=C. The summed E-state index contributed by atoms with van der Waals surface area (Å²) in [7, 11) is 0. The van der Waals surface area contributed by atoms with Crippen LogP contribution < -0.4 is 0 Å². The van der Waals surface area contributed by atoms with Crippen LogP contribution in [0.5, 0.6) is 0 Å². The third-order valence-electron chi connectivity index (χ3n) is 12.9.